The van der Waals surface area contributed by atoms with Gasteiger partial charge >= 0.3 is 17.9 Å². The van der Waals surface area contributed by atoms with Gasteiger partial charge in [0.25, 0.3) is 0 Å². The molecule has 328 valence electrons. The molecule has 0 fully saturated rings. The van der Waals surface area contributed by atoms with Crippen LogP contribution in [0.15, 0.2) is 0 Å². The number of unbranched alkanes of at least 4 members (excludes halogenated alkanes) is 24. The maximum atomic E-state index is 13.3. The largest absolute Gasteiger partial charge is 0.469 e. The number of amides is 2. The van der Waals surface area contributed by atoms with E-state index in [-0.39, 0.29) is 25.2 Å². The fourth-order valence-electron chi connectivity index (χ4n) is 6.99. The second-order valence-corrected chi connectivity index (χ2v) is 15.8. The lowest BCUT2D eigenvalue weighted by Crippen LogP contribution is -2.56. The highest BCUT2D eigenvalue weighted by Gasteiger charge is 2.31. The lowest BCUT2D eigenvalue weighted by molar-refractivity contribution is -0.151. The number of aliphatic hydroxyl groups excluding tert-OH is 1. The molecular weight excluding hydrogens is 713 g/mol. The Kier molecular flexibility index (Phi) is 36.0. The zero-order valence-corrected chi connectivity index (χ0v) is 36.4. The minimum absolute atomic E-state index is 0.0814. The molecule has 4 atom stereocenters. The quantitative estimate of drug-likeness (QED) is 0.0313. The third-order valence-corrected chi connectivity index (χ3v) is 10.6. The normalized spacial score (nSPS) is 13.3. The molecule has 1 unspecified atom stereocenters. The van der Waals surface area contributed by atoms with Gasteiger partial charge in [0.15, 0.2) is 0 Å². The third kappa shape index (κ3) is 31.4. The Morgan fingerprint density at radius 3 is 1.36 bits per heavy atom. The van der Waals surface area contributed by atoms with E-state index in [4.69, 9.17) is 9.47 Å². The van der Waals surface area contributed by atoms with Crippen LogP contribution in [0.25, 0.3) is 0 Å². The average molecular weight is 797 g/mol. The van der Waals surface area contributed by atoms with Crippen LogP contribution in [0.2, 0.25) is 0 Å². The number of hydrogen-bond acceptors (Lipinski definition) is 9. The first kappa shape index (κ1) is 53.3. The SMILES string of the molecule is CCCCCCCCCCCCCCCC(=O)OC(CCCCCCCCCCCCCCC)CC(=O)N[C@H](C(=O)N[C@@H](CCC(=O)OC)C(=O)OC)[C@@H](C)O. The van der Waals surface area contributed by atoms with Gasteiger partial charge in [0.05, 0.1) is 26.7 Å². The number of nitrogens with one attached hydrogen (secondary N) is 2. The summed E-state index contributed by atoms with van der Waals surface area (Å²) in [6.45, 7) is 5.84. The Morgan fingerprint density at radius 1 is 0.518 bits per heavy atom. The smallest absolute Gasteiger partial charge is 0.328 e. The van der Waals surface area contributed by atoms with Crippen LogP contribution in [0.3, 0.4) is 0 Å². The molecule has 0 saturated heterocycles. The molecule has 0 radical (unpaired) electrons. The molecule has 0 aromatic heterocycles. The van der Waals surface area contributed by atoms with E-state index in [0.29, 0.717) is 12.8 Å². The predicted octanol–water partition coefficient (Wildman–Crippen LogP) is 9.73. The molecule has 11 heteroatoms. The van der Waals surface area contributed by atoms with Gasteiger partial charge in [-0.1, -0.05) is 168 Å². The zero-order valence-electron chi connectivity index (χ0n) is 36.4. The van der Waals surface area contributed by atoms with Gasteiger partial charge in [-0.15, -0.1) is 0 Å². The molecule has 0 aliphatic heterocycles. The highest BCUT2D eigenvalue weighted by Crippen LogP contribution is 2.18. The second kappa shape index (κ2) is 37.9. The maximum absolute atomic E-state index is 13.3. The standard InChI is InChI=1S/C45H84N2O9/c1-6-8-10-12-14-16-18-20-22-24-26-28-30-32-38(56-42(51)33-31-29-27-25-23-21-19-17-15-13-11-9-7-2)36-40(49)47-43(37(3)48)44(52)46-39(45(53)55-5)34-35-41(50)54-4/h37-39,43,48H,6-36H2,1-5H3,(H,46,52)(H,47,49)/t37-,38?,39+,43+/m1/s1. The molecule has 0 bridgehead atoms. The topological polar surface area (TPSA) is 157 Å². The molecule has 0 aliphatic rings. The van der Waals surface area contributed by atoms with Crippen molar-refractivity contribution in [3.63, 3.8) is 0 Å². The lowest BCUT2D eigenvalue weighted by atomic mass is 10.0. The summed E-state index contributed by atoms with van der Waals surface area (Å²) >= 11 is 0. The van der Waals surface area contributed by atoms with E-state index < -0.39 is 48.0 Å². The van der Waals surface area contributed by atoms with Gasteiger partial charge < -0.3 is 30.0 Å². The monoisotopic (exact) mass is 797 g/mol. The van der Waals surface area contributed by atoms with E-state index in [0.717, 1.165) is 52.1 Å². The van der Waals surface area contributed by atoms with Crippen LogP contribution in [0.4, 0.5) is 0 Å². The molecule has 0 aliphatic carbocycles. The summed E-state index contributed by atoms with van der Waals surface area (Å²) in [5.41, 5.74) is 0. The van der Waals surface area contributed by atoms with Crippen LogP contribution < -0.4 is 10.6 Å². The van der Waals surface area contributed by atoms with E-state index in [1.54, 1.807) is 0 Å². The lowest BCUT2D eigenvalue weighted by Gasteiger charge is -2.25. The molecule has 2 amide bonds. The van der Waals surface area contributed by atoms with E-state index in [1.807, 2.05) is 0 Å². The summed E-state index contributed by atoms with van der Waals surface area (Å²) in [6, 6.07) is -2.56. The van der Waals surface area contributed by atoms with Crippen molar-refractivity contribution in [3.05, 3.63) is 0 Å². The molecule has 56 heavy (non-hydrogen) atoms. The van der Waals surface area contributed by atoms with Crippen molar-refractivity contribution in [1.82, 2.24) is 10.6 Å². The van der Waals surface area contributed by atoms with Crippen molar-refractivity contribution in [2.75, 3.05) is 14.2 Å². The number of carbonyl (C=O) groups excluding carboxylic acids is 5. The first-order valence-corrected chi connectivity index (χ1v) is 22.7. The third-order valence-electron chi connectivity index (χ3n) is 10.6. The molecule has 0 rings (SSSR count). The Bertz CT molecular complexity index is 1010. The predicted molar refractivity (Wildman–Crippen MR) is 224 cm³/mol. The Morgan fingerprint density at radius 2 is 0.946 bits per heavy atom. The molecule has 3 N–H and O–H groups in total. The van der Waals surface area contributed by atoms with Crippen LogP contribution in [0, 0.1) is 0 Å². The number of rotatable bonds is 39. The highest BCUT2D eigenvalue weighted by molar-refractivity contribution is 5.91. The number of aliphatic hydroxyl groups is 1. The van der Waals surface area contributed by atoms with Crippen molar-refractivity contribution in [1.29, 1.82) is 0 Å². The van der Waals surface area contributed by atoms with Crippen molar-refractivity contribution in [3.8, 4) is 0 Å². The number of hydrogen-bond donors (Lipinski definition) is 3. The van der Waals surface area contributed by atoms with Gasteiger partial charge in [-0.2, -0.15) is 0 Å². The molecule has 0 spiro atoms. The fourth-order valence-corrected chi connectivity index (χ4v) is 6.99. The molecule has 0 aromatic rings. The summed E-state index contributed by atoms with van der Waals surface area (Å²) in [5.74, 6) is -3.01. The van der Waals surface area contributed by atoms with E-state index >= 15 is 0 Å². The summed E-state index contributed by atoms with van der Waals surface area (Å²) in [7, 11) is 2.38. The van der Waals surface area contributed by atoms with Gasteiger partial charge in [0.2, 0.25) is 11.8 Å². The molecule has 0 saturated carbocycles. The van der Waals surface area contributed by atoms with Gasteiger partial charge in [0, 0.05) is 12.8 Å². The first-order chi connectivity index (χ1) is 27.1. The number of ether oxygens (including phenoxy) is 3. The highest BCUT2D eigenvalue weighted by atomic mass is 16.5. The summed E-state index contributed by atoms with van der Waals surface area (Å²) < 4.78 is 15.2. The summed E-state index contributed by atoms with van der Waals surface area (Å²) in [6.07, 6.45) is 30.1. The van der Waals surface area contributed by atoms with Crippen molar-refractivity contribution in [2.45, 2.75) is 244 Å². The van der Waals surface area contributed by atoms with Gasteiger partial charge in [-0.3, -0.25) is 19.2 Å². The minimum Gasteiger partial charge on any atom is -0.469 e. The Labute approximate surface area is 341 Å². The molecule has 11 nitrogen and oxygen atoms in total. The fraction of sp³-hybridized carbons (Fsp3) is 0.889. The van der Waals surface area contributed by atoms with Crippen LogP contribution in [0.1, 0.15) is 220 Å². The Balaban J connectivity index is 4.97. The van der Waals surface area contributed by atoms with Crippen LogP contribution in [-0.2, 0) is 38.2 Å². The molecule has 0 heterocycles. The Hall–Kier alpha value is -2.69. The van der Waals surface area contributed by atoms with E-state index in [9.17, 15) is 29.1 Å². The van der Waals surface area contributed by atoms with Crippen molar-refractivity contribution < 1.29 is 43.3 Å². The molecule has 0 aromatic carbocycles. The van der Waals surface area contributed by atoms with Crippen molar-refractivity contribution >= 4 is 29.7 Å². The second-order valence-electron chi connectivity index (χ2n) is 15.8. The number of carbonyl (C=O) groups is 5. The molecular formula is C45H84N2O9. The average Bonchev–Trinajstić information content (AvgIpc) is 3.18. The summed E-state index contributed by atoms with van der Waals surface area (Å²) in [4.78, 5) is 63.3. The van der Waals surface area contributed by atoms with Gasteiger partial charge in [0.1, 0.15) is 18.2 Å². The summed E-state index contributed by atoms with van der Waals surface area (Å²) in [5, 5.41) is 15.5. The first-order valence-electron chi connectivity index (χ1n) is 22.7. The van der Waals surface area contributed by atoms with Gasteiger partial charge in [-0.25, -0.2) is 4.79 Å². The number of methoxy groups -OCH3 is 2. The van der Waals surface area contributed by atoms with Crippen LogP contribution in [-0.4, -0.2) is 73.3 Å². The minimum atomic E-state index is -1.38. The number of esters is 3. The van der Waals surface area contributed by atoms with Crippen LogP contribution in [0.5, 0.6) is 0 Å². The maximum Gasteiger partial charge on any atom is 0.328 e. The van der Waals surface area contributed by atoms with E-state index in [1.165, 1.54) is 136 Å². The van der Waals surface area contributed by atoms with Crippen molar-refractivity contribution in [2.24, 2.45) is 0 Å². The van der Waals surface area contributed by atoms with E-state index in [2.05, 4.69) is 29.2 Å². The zero-order chi connectivity index (χ0) is 41.7. The van der Waals surface area contributed by atoms with Gasteiger partial charge in [-0.05, 0) is 32.6 Å². The van der Waals surface area contributed by atoms with Crippen LogP contribution >= 0.6 is 0 Å².